The number of likely N-dealkylation sites (N-methyl/N-ethyl adjacent to an activating group) is 1. The van der Waals surface area contributed by atoms with Crippen molar-refractivity contribution in [3.05, 3.63) is 0 Å². The molecule has 3 amide bonds. The number of hydrogen-bond acceptors (Lipinski definition) is 6. The van der Waals surface area contributed by atoms with Crippen molar-refractivity contribution in [1.29, 1.82) is 0 Å². The highest BCUT2D eigenvalue weighted by Crippen LogP contribution is 2.35. The van der Waals surface area contributed by atoms with Crippen LogP contribution >= 0.6 is 0 Å². The van der Waals surface area contributed by atoms with Crippen LogP contribution in [-0.2, 0) is 14.4 Å². The summed E-state index contributed by atoms with van der Waals surface area (Å²) in [5.41, 5.74) is 2.90. The smallest absolute Gasteiger partial charge is 0.234 e. The summed E-state index contributed by atoms with van der Waals surface area (Å²) in [4.78, 5) is 41.6. The number of aliphatic hydroxyl groups is 2. The highest BCUT2D eigenvalue weighted by atomic mass is 16.3. The lowest BCUT2D eigenvalue weighted by atomic mass is 9.74. The Morgan fingerprint density at radius 3 is 2.14 bits per heavy atom. The molecule has 0 spiro atoms. The van der Waals surface area contributed by atoms with Crippen LogP contribution in [0.15, 0.2) is 0 Å². The monoisotopic (exact) mass is 590 g/mol. The number of hydrazine groups is 1. The maximum Gasteiger partial charge on any atom is 0.234 e. The number of carbonyl (C=O) groups is 3. The molecule has 0 radical (unpaired) electrons. The molecule has 4 N–H and O–H groups in total. The number of nitrogens with one attached hydrogen (secondary N) is 2. The fourth-order valence-corrected chi connectivity index (χ4v) is 6.55. The van der Waals surface area contributed by atoms with Gasteiger partial charge in [0.2, 0.25) is 17.7 Å². The molecule has 240 valence electrons. The fraction of sp³-hybridized carbons (Fsp3) is 0.848. The Balaban J connectivity index is 2.17. The van der Waals surface area contributed by atoms with Crippen LogP contribution < -0.4 is 10.7 Å². The van der Waals surface area contributed by atoms with Gasteiger partial charge in [-0.15, -0.1) is 12.3 Å². The van der Waals surface area contributed by atoms with Crippen molar-refractivity contribution in [3.63, 3.8) is 0 Å². The molecule has 5 atom stereocenters. The Labute approximate surface area is 254 Å². The standard InChI is InChI=1S/C33H58N4O5/c1-7-15-36(16-8-2)33(42)27-19-24(9-3)18-26(21-27)32(41)34-29(20-25-11-13-28(38)14-12-25)30(39)22-37(10-4)35-31(40)17-23(5)6/h3,23-30,38-39H,7-8,10-22H2,1-2,4-6H3,(H,34,41)(H,35,40). The van der Waals surface area contributed by atoms with Crippen LogP contribution in [0.4, 0.5) is 0 Å². The maximum absolute atomic E-state index is 13.8. The van der Waals surface area contributed by atoms with Crippen molar-refractivity contribution < 1.29 is 24.6 Å². The van der Waals surface area contributed by atoms with Crippen molar-refractivity contribution in [1.82, 2.24) is 20.7 Å². The van der Waals surface area contributed by atoms with Crippen molar-refractivity contribution in [3.8, 4) is 12.3 Å². The third-order valence-electron chi connectivity index (χ3n) is 8.82. The Hall–Kier alpha value is -2.15. The molecular weight excluding hydrogens is 532 g/mol. The number of carbonyl (C=O) groups excluding carboxylic acids is 3. The number of terminal acetylenes is 1. The lowest BCUT2D eigenvalue weighted by Gasteiger charge is -2.37. The van der Waals surface area contributed by atoms with E-state index >= 15 is 0 Å². The van der Waals surface area contributed by atoms with Gasteiger partial charge in [0.25, 0.3) is 0 Å². The van der Waals surface area contributed by atoms with Crippen molar-refractivity contribution in [2.24, 2.45) is 29.6 Å². The van der Waals surface area contributed by atoms with Crippen LogP contribution in [-0.4, -0.2) is 82.3 Å². The van der Waals surface area contributed by atoms with E-state index in [1.165, 1.54) is 0 Å². The summed E-state index contributed by atoms with van der Waals surface area (Å²) in [5, 5.41) is 26.3. The van der Waals surface area contributed by atoms with Crippen molar-refractivity contribution in [2.75, 3.05) is 26.2 Å². The molecule has 0 aliphatic heterocycles. The first-order chi connectivity index (χ1) is 20.0. The van der Waals surface area contributed by atoms with Crippen LogP contribution in [0.5, 0.6) is 0 Å². The summed E-state index contributed by atoms with van der Waals surface area (Å²) in [5.74, 6) is 2.28. The highest BCUT2D eigenvalue weighted by molar-refractivity contribution is 5.83. The molecule has 0 aromatic heterocycles. The van der Waals surface area contributed by atoms with Crippen molar-refractivity contribution in [2.45, 2.75) is 123 Å². The zero-order chi connectivity index (χ0) is 31.2. The second-order valence-electron chi connectivity index (χ2n) is 13.1. The van der Waals surface area contributed by atoms with Crippen LogP contribution in [0.25, 0.3) is 0 Å². The minimum Gasteiger partial charge on any atom is -0.393 e. The molecular formula is C33H58N4O5. The van der Waals surface area contributed by atoms with E-state index in [9.17, 15) is 24.6 Å². The molecule has 5 unspecified atom stereocenters. The third-order valence-corrected chi connectivity index (χ3v) is 8.82. The lowest BCUT2D eigenvalue weighted by molar-refractivity contribution is -0.139. The van der Waals surface area contributed by atoms with E-state index in [1.807, 2.05) is 25.7 Å². The first-order valence-corrected chi connectivity index (χ1v) is 16.5. The predicted octanol–water partition coefficient (Wildman–Crippen LogP) is 3.49. The maximum atomic E-state index is 13.8. The van der Waals surface area contributed by atoms with E-state index in [0.29, 0.717) is 51.7 Å². The molecule has 2 aliphatic rings. The van der Waals surface area contributed by atoms with Crippen LogP contribution in [0.3, 0.4) is 0 Å². The molecule has 9 heteroatoms. The van der Waals surface area contributed by atoms with Crippen LogP contribution in [0, 0.1) is 41.9 Å². The van der Waals surface area contributed by atoms with Gasteiger partial charge in [-0.05, 0) is 76.0 Å². The molecule has 2 rings (SSSR count). The molecule has 2 saturated carbocycles. The molecule has 0 aromatic carbocycles. The summed E-state index contributed by atoms with van der Waals surface area (Å²) in [6, 6.07) is -0.522. The largest absolute Gasteiger partial charge is 0.393 e. The Kier molecular flexibility index (Phi) is 15.9. The molecule has 0 saturated heterocycles. The number of hydrogen-bond donors (Lipinski definition) is 4. The minimum absolute atomic E-state index is 0.0875. The predicted molar refractivity (Wildman–Crippen MR) is 166 cm³/mol. The molecule has 0 heterocycles. The van der Waals surface area contributed by atoms with E-state index in [-0.39, 0.29) is 54.0 Å². The zero-order valence-corrected chi connectivity index (χ0v) is 26.8. The van der Waals surface area contributed by atoms with E-state index < -0.39 is 18.1 Å². The number of nitrogens with zero attached hydrogens (tertiary/aromatic N) is 2. The normalized spacial score (nSPS) is 25.9. The minimum atomic E-state index is -0.908. The summed E-state index contributed by atoms with van der Waals surface area (Å²) in [6.07, 6.45) is 12.1. The van der Waals surface area contributed by atoms with Gasteiger partial charge in [0.05, 0.1) is 18.2 Å². The fourth-order valence-electron chi connectivity index (χ4n) is 6.55. The van der Waals surface area contributed by atoms with E-state index in [4.69, 9.17) is 6.42 Å². The van der Waals surface area contributed by atoms with E-state index in [1.54, 1.807) is 5.01 Å². The van der Waals surface area contributed by atoms with Crippen LogP contribution in [0.2, 0.25) is 0 Å². The highest BCUT2D eigenvalue weighted by Gasteiger charge is 2.38. The number of aliphatic hydroxyl groups excluding tert-OH is 2. The van der Waals surface area contributed by atoms with E-state index in [0.717, 1.165) is 38.5 Å². The average molecular weight is 591 g/mol. The molecule has 2 aliphatic carbocycles. The average Bonchev–Trinajstić information content (AvgIpc) is 2.96. The number of amides is 3. The summed E-state index contributed by atoms with van der Waals surface area (Å²) in [6.45, 7) is 12.1. The topological polar surface area (TPSA) is 122 Å². The molecule has 9 nitrogen and oxygen atoms in total. The van der Waals surface area contributed by atoms with Gasteiger partial charge < -0.3 is 20.4 Å². The SMILES string of the molecule is C#CC1CC(C(=O)NC(CC2CCC(O)CC2)C(O)CN(CC)NC(=O)CC(C)C)CC(C(=O)N(CCC)CCC)C1. The van der Waals surface area contributed by atoms with Gasteiger partial charge in [-0.1, -0.05) is 34.6 Å². The summed E-state index contributed by atoms with van der Waals surface area (Å²) >= 11 is 0. The number of rotatable bonds is 16. The van der Waals surface area contributed by atoms with Gasteiger partial charge >= 0.3 is 0 Å². The Bertz CT molecular complexity index is 876. The van der Waals surface area contributed by atoms with Gasteiger partial charge in [0.15, 0.2) is 0 Å². The molecule has 42 heavy (non-hydrogen) atoms. The summed E-state index contributed by atoms with van der Waals surface area (Å²) < 4.78 is 0. The van der Waals surface area contributed by atoms with Gasteiger partial charge in [0, 0.05) is 50.4 Å². The lowest BCUT2D eigenvalue weighted by Crippen LogP contribution is -2.54. The Morgan fingerprint density at radius 1 is 0.976 bits per heavy atom. The first-order valence-electron chi connectivity index (χ1n) is 16.5. The quantitative estimate of drug-likeness (QED) is 0.161. The molecule has 2 fully saturated rings. The van der Waals surface area contributed by atoms with Gasteiger partial charge in [0.1, 0.15) is 0 Å². The summed E-state index contributed by atoms with van der Waals surface area (Å²) in [7, 11) is 0. The van der Waals surface area contributed by atoms with Crippen molar-refractivity contribution >= 4 is 17.7 Å². The third kappa shape index (κ3) is 11.9. The second kappa shape index (κ2) is 18.5. The Morgan fingerprint density at radius 2 is 1.60 bits per heavy atom. The van der Waals surface area contributed by atoms with Gasteiger partial charge in [-0.25, -0.2) is 5.01 Å². The zero-order valence-electron chi connectivity index (χ0n) is 26.8. The molecule has 0 aromatic rings. The molecule has 0 bridgehead atoms. The van der Waals surface area contributed by atoms with Gasteiger partial charge in [-0.3, -0.25) is 19.8 Å². The second-order valence-corrected chi connectivity index (χ2v) is 13.1. The first kappa shape index (κ1) is 36.0. The van der Waals surface area contributed by atoms with E-state index in [2.05, 4.69) is 30.5 Å². The van der Waals surface area contributed by atoms with Gasteiger partial charge in [-0.2, -0.15) is 0 Å². The van der Waals surface area contributed by atoms with Crippen LogP contribution in [0.1, 0.15) is 105 Å².